The Balaban J connectivity index is 2.30. The Kier molecular flexibility index (Phi) is 2.21. The maximum atomic E-state index is 9.94. The minimum absolute atomic E-state index is 0.0810. The fourth-order valence-electron chi connectivity index (χ4n) is 0.528. The molecule has 1 rings (SSSR count). The molecule has 0 fully saturated rings. The van der Waals surface area contributed by atoms with E-state index in [9.17, 15) is 5.11 Å². The fraction of sp³-hybridized carbons (Fsp3) is 0.600. The van der Waals surface area contributed by atoms with Gasteiger partial charge in [0, 0.05) is 6.42 Å². The van der Waals surface area contributed by atoms with Gasteiger partial charge in [-0.15, -0.1) is 10.2 Å². The van der Waals surface area contributed by atoms with E-state index >= 15 is 0 Å². The number of nitrogens with zero attached hydrogens (tertiary/aromatic N) is 2. The van der Waals surface area contributed by atoms with Gasteiger partial charge < -0.3 is 4.42 Å². The lowest BCUT2D eigenvalue weighted by molar-refractivity contribution is 0.187. The summed E-state index contributed by atoms with van der Waals surface area (Å²) in [5.74, 6) is 0.547. The highest BCUT2D eigenvalue weighted by molar-refractivity contribution is 4.71. The van der Waals surface area contributed by atoms with Crippen LogP contribution in [0.2, 0.25) is 0 Å². The molecule has 4 nitrogen and oxygen atoms in total. The fourth-order valence-corrected chi connectivity index (χ4v) is 0.528. The summed E-state index contributed by atoms with van der Waals surface area (Å²) in [7, 11) is 0. The van der Waals surface area contributed by atoms with Crippen molar-refractivity contribution in [3.8, 4) is 0 Å². The standard InChI is InChI=1S/C5H7N2O2/c8-3-1-2-5-7-6-4-9-5/h4H,1-3H2. The Bertz CT molecular complexity index is 150. The molecule has 1 aromatic rings. The predicted octanol–water partition coefficient (Wildman–Crippen LogP) is 0.433. The normalized spacial score (nSPS) is 9.89. The molecule has 0 aliphatic carbocycles. The molecule has 0 N–H and O–H groups in total. The zero-order valence-corrected chi connectivity index (χ0v) is 4.91. The SMILES string of the molecule is [O]CCCc1nnco1. The number of hydrogen-bond donors (Lipinski definition) is 0. The van der Waals surface area contributed by atoms with Crippen LogP contribution in [0.5, 0.6) is 0 Å². The molecule has 0 spiro atoms. The van der Waals surface area contributed by atoms with E-state index in [1.165, 1.54) is 6.39 Å². The second-order valence-corrected chi connectivity index (χ2v) is 1.64. The summed E-state index contributed by atoms with van der Waals surface area (Å²) in [5.41, 5.74) is 0. The maximum Gasteiger partial charge on any atom is 0.216 e. The first kappa shape index (κ1) is 6.22. The molecule has 0 bridgehead atoms. The molecule has 0 saturated carbocycles. The van der Waals surface area contributed by atoms with Gasteiger partial charge in [-0.3, -0.25) is 0 Å². The highest BCUT2D eigenvalue weighted by Crippen LogP contribution is 1.95. The third-order valence-corrected chi connectivity index (χ3v) is 0.940. The number of hydrogen-bond acceptors (Lipinski definition) is 3. The lowest BCUT2D eigenvalue weighted by Crippen LogP contribution is -1.87. The molecule has 1 radical (unpaired) electrons. The molecule has 4 heteroatoms. The van der Waals surface area contributed by atoms with Crippen LogP contribution in [0.15, 0.2) is 10.8 Å². The molecule has 0 unspecified atom stereocenters. The first-order chi connectivity index (χ1) is 4.43. The van der Waals surface area contributed by atoms with Crippen LogP contribution in [-0.4, -0.2) is 16.8 Å². The number of aryl methyl sites for hydroxylation is 1. The van der Waals surface area contributed by atoms with Gasteiger partial charge in [0.25, 0.3) is 0 Å². The van der Waals surface area contributed by atoms with E-state index in [0.29, 0.717) is 18.7 Å². The van der Waals surface area contributed by atoms with Crippen molar-refractivity contribution < 1.29 is 9.52 Å². The Morgan fingerprint density at radius 1 is 1.67 bits per heavy atom. The van der Waals surface area contributed by atoms with Gasteiger partial charge in [0.2, 0.25) is 12.3 Å². The summed E-state index contributed by atoms with van der Waals surface area (Å²) < 4.78 is 4.77. The molecule has 9 heavy (non-hydrogen) atoms. The van der Waals surface area contributed by atoms with Crippen LogP contribution in [-0.2, 0) is 11.5 Å². The average Bonchev–Trinajstić information content (AvgIpc) is 2.34. The van der Waals surface area contributed by atoms with Crippen LogP contribution in [0.25, 0.3) is 0 Å². The first-order valence-electron chi connectivity index (χ1n) is 2.76. The topological polar surface area (TPSA) is 58.8 Å². The van der Waals surface area contributed by atoms with E-state index in [1.54, 1.807) is 0 Å². The lowest BCUT2D eigenvalue weighted by Gasteiger charge is -1.85. The summed E-state index contributed by atoms with van der Waals surface area (Å²) >= 11 is 0. The van der Waals surface area contributed by atoms with Crippen LogP contribution < -0.4 is 0 Å². The van der Waals surface area contributed by atoms with Gasteiger partial charge in [-0.2, -0.15) is 0 Å². The van der Waals surface area contributed by atoms with Crippen molar-refractivity contribution in [1.29, 1.82) is 0 Å². The molecule has 0 aliphatic rings. The van der Waals surface area contributed by atoms with Gasteiger partial charge in [0.1, 0.15) is 0 Å². The minimum atomic E-state index is -0.0810. The molecule has 1 heterocycles. The van der Waals surface area contributed by atoms with Crippen LogP contribution in [0.4, 0.5) is 0 Å². The van der Waals surface area contributed by atoms with Crippen molar-refractivity contribution in [2.45, 2.75) is 12.8 Å². The van der Waals surface area contributed by atoms with Crippen LogP contribution in [0, 0.1) is 0 Å². The summed E-state index contributed by atoms with van der Waals surface area (Å²) in [6.07, 6.45) is 2.44. The zero-order chi connectivity index (χ0) is 6.53. The number of rotatable bonds is 3. The van der Waals surface area contributed by atoms with Crippen molar-refractivity contribution in [3.05, 3.63) is 12.3 Å². The van der Waals surface area contributed by atoms with Gasteiger partial charge in [-0.25, -0.2) is 5.11 Å². The Hall–Kier alpha value is -0.900. The molecule has 0 atom stereocenters. The highest BCUT2D eigenvalue weighted by Gasteiger charge is 1.95. The monoisotopic (exact) mass is 127 g/mol. The van der Waals surface area contributed by atoms with Gasteiger partial charge in [-0.1, -0.05) is 0 Å². The predicted molar refractivity (Wildman–Crippen MR) is 28.2 cm³/mol. The molecule has 1 aromatic heterocycles. The third kappa shape index (κ3) is 1.81. The van der Waals surface area contributed by atoms with Gasteiger partial charge in [0.05, 0.1) is 6.61 Å². The Morgan fingerprint density at radius 3 is 3.11 bits per heavy atom. The van der Waals surface area contributed by atoms with Crippen molar-refractivity contribution in [3.63, 3.8) is 0 Å². The zero-order valence-electron chi connectivity index (χ0n) is 4.91. The lowest BCUT2D eigenvalue weighted by atomic mass is 10.3. The van der Waals surface area contributed by atoms with Crippen LogP contribution in [0.1, 0.15) is 12.3 Å². The molecular weight excluding hydrogens is 120 g/mol. The van der Waals surface area contributed by atoms with E-state index in [-0.39, 0.29) is 6.61 Å². The Labute approximate surface area is 52.5 Å². The Morgan fingerprint density at radius 2 is 2.56 bits per heavy atom. The molecular formula is C5H7N2O2. The van der Waals surface area contributed by atoms with Gasteiger partial charge >= 0.3 is 0 Å². The minimum Gasteiger partial charge on any atom is -0.428 e. The van der Waals surface area contributed by atoms with E-state index in [2.05, 4.69) is 10.2 Å². The van der Waals surface area contributed by atoms with Gasteiger partial charge in [0.15, 0.2) is 0 Å². The van der Waals surface area contributed by atoms with Crippen molar-refractivity contribution >= 4 is 0 Å². The van der Waals surface area contributed by atoms with E-state index in [0.717, 1.165) is 0 Å². The molecule has 0 aliphatic heterocycles. The summed E-state index contributed by atoms with van der Waals surface area (Å²) in [6.45, 7) is -0.0810. The smallest absolute Gasteiger partial charge is 0.216 e. The number of aromatic nitrogens is 2. The second kappa shape index (κ2) is 3.19. The second-order valence-electron chi connectivity index (χ2n) is 1.64. The van der Waals surface area contributed by atoms with Crippen molar-refractivity contribution in [2.24, 2.45) is 0 Å². The molecule has 49 valence electrons. The molecule has 0 amide bonds. The highest BCUT2D eigenvalue weighted by atomic mass is 16.4. The van der Waals surface area contributed by atoms with Crippen molar-refractivity contribution in [1.82, 2.24) is 10.2 Å². The van der Waals surface area contributed by atoms with E-state index < -0.39 is 0 Å². The first-order valence-corrected chi connectivity index (χ1v) is 2.76. The largest absolute Gasteiger partial charge is 0.428 e. The van der Waals surface area contributed by atoms with E-state index in [4.69, 9.17) is 4.42 Å². The molecule has 0 saturated heterocycles. The van der Waals surface area contributed by atoms with Crippen LogP contribution in [0.3, 0.4) is 0 Å². The summed E-state index contributed by atoms with van der Waals surface area (Å²) in [5, 5.41) is 17.0. The molecule has 0 aromatic carbocycles. The summed E-state index contributed by atoms with van der Waals surface area (Å²) in [6, 6.07) is 0. The van der Waals surface area contributed by atoms with E-state index in [1.807, 2.05) is 0 Å². The maximum absolute atomic E-state index is 9.94. The van der Waals surface area contributed by atoms with Crippen molar-refractivity contribution in [2.75, 3.05) is 6.61 Å². The third-order valence-electron chi connectivity index (χ3n) is 0.940. The summed E-state index contributed by atoms with van der Waals surface area (Å²) in [4.78, 5) is 0. The quantitative estimate of drug-likeness (QED) is 0.591. The average molecular weight is 127 g/mol. The van der Waals surface area contributed by atoms with Gasteiger partial charge in [-0.05, 0) is 6.42 Å². The van der Waals surface area contributed by atoms with Crippen LogP contribution >= 0.6 is 0 Å².